The Bertz CT molecular complexity index is 978. The van der Waals surface area contributed by atoms with Crippen molar-refractivity contribution in [3.05, 3.63) is 48.7 Å². The number of carbonyl (C=O) groups excluding carboxylic acids is 1. The van der Waals surface area contributed by atoms with E-state index in [1.165, 1.54) is 0 Å². The lowest BCUT2D eigenvalue weighted by Gasteiger charge is -2.32. The standard InChI is InChI=1S/C21H23N5O4/c1-28-17-6-2-3-7-18(17)29-14-20(27)26-10-4-5-15(13-26)11-19-24-21(25-30-19)16-12-22-8-9-23-16/h2-3,6-9,12,15H,4-5,10-11,13-14H2,1H3. The molecule has 0 saturated carbocycles. The van der Waals surface area contributed by atoms with Gasteiger partial charge in [-0.2, -0.15) is 4.98 Å². The molecule has 1 saturated heterocycles. The van der Waals surface area contributed by atoms with E-state index >= 15 is 0 Å². The Kier molecular flexibility index (Phi) is 6.17. The molecule has 156 valence electrons. The van der Waals surface area contributed by atoms with E-state index in [1.54, 1.807) is 37.8 Å². The zero-order valence-electron chi connectivity index (χ0n) is 16.7. The summed E-state index contributed by atoms with van der Waals surface area (Å²) in [6, 6.07) is 7.29. The van der Waals surface area contributed by atoms with Crippen LogP contribution >= 0.6 is 0 Å². The fourth-order valence-electron chi connectivity index (χ4n) is 3.53. The Balaban J connectivity index is 1.32. The number of rotatable bonds is 7. The Labute approximate surface area is 174 Å². The molecule has 1 amide bonds. The van der Waals surface area contributed by atoms with Crippen LogP contribution in [0.3, 0.4) is 0 Å². The van der Waals surface area contributed by atoms with Crippen LogP contribution in [0.2, 0.25) is 0 Å². The van der Waals surface area contributed by atoms with E-state index in [0.29, 0.717) is 41.9 Å². The fraction of sp³-hybridized carbons (Fsp3) is 0.381. The van der Waals surface area contributed by atoms with Gasteiger partial charge in [0.05, 0.1) is 13.3 Å². The number of nitrogens with zero attached hydrogens (tertiary/aromatic N) is 5. The van der Waals surface area contributed by atoms with Gasteiger partial charge < -0.3 is 18.9 Å². The maximum Gasteiger partial charge on any atom is 0.260 e. The Morgan fingerprint density at radius 3 is 2.93 bits per heavy atom. The summed E-state index contributed by atoms with van der Waals surface area (Å²) in [4.78, 5) is 27.1. The quantitative estimate of drug-likeness (QED) is 0.586. The normalized spacial score (nSPS) is 16.3. The molecule has 0 aliphatic carbocycles. The maximum absolute atomic E-state index is 12.7. The average molecular weight is 409 g/mol. The Hall–Kier alpha value is -3.49. The Morgan fingerprint density at radius 1 is 1.27 bits per heavy atom. The van der Waals surface area contributed by atoms with Gasteiger partial charge in [-0.3, -0.25) is 9.78 Å². The number of aromatic nitrogens is 4. The monoisotopic (exact) mass is 409 g/mol. The number of likely N-dealkylation sites (tertiary alicyclic amines) is 1. The van der Waals surface area contributed by atoms with Crippen LogP contribution in [-0.2, 0) is 11.2 Å². The van der Waals surface area contributed by atoms with E-state index in [0.717, 1.165) is 19.4 Å². The highest BCUT2D eigenvalue weighted by molar-refractivity contribution is 5.78. The maximum atomic E-state index is 12.7. The van der Waals surface area contributed by atoms with Crippen LogP contribution in [-0.4, -0.2) is 57.7 Å². The van der Waals surface area contributed by atoms with Crippen molar-refractivity contribution in [1.29, 1.82) is 0 Å². The topological polar surface area (TPSA) is 103 Å². The molecule has 0 N–H and O–H groups in total. The van der Waals surface area contributed by atoms with Crippen LogP contribution in [0.25, 0.3) is 11.5 Å². The second kappa shape index (κ2) is 9.34. The van der Waals surface area contributed by atoms with Gasteiger partial charge in [0, 0.05) is 31.9 Å². The van der Waals surface area contributed by atoms with Crippen LogP contribution < -0.4 is 9.47 Å². The molecule has 3 heterocycles. The van der Waals surface area contributed by atoms with Gasteiger partial charge in [0.15, 0.2) is 18.1 Å². The first-order valence-corrected chi connectivity index (χ1v) is 9.85. The van der Waals surface area contributed by atoms with E-state index in [9.17, 15) is 4.79 Å². The summed E-state index contributed by atoms with van der Waals surface area (Å²) >= 11 is 0. The fourth-order valence-corrected chi connectivity index (χ4v) is 3.53. The summed E-state index contributed by atoms with van der Waals surface area (Å²) in [7, 11) is 1.58. The van der Waals surface area contributed by atoms with E-state index in [2.05, 4.69) is 20.1 Å². The van der Waals surface area contributed by atoms with Gasteiger partial charge in [0.2, 0.25) is 11.7 Å². The highest BCUT2D eigenvalue weighted by Gasteiger charge is 2.26. The van der Waals surface area contributed by atoms with Crippen molar-refractivity contribution in [2.75, 3.05) is 26.8 Å². The van der Waals surface area contributed by atoms with E-state index < -0.39 is 0 Å². The van der Waals surface area contributed by atoms with Crippen molar-refractivity contribution in [1.82, 2.24) is 25.0 Å². The van der Waals surface area contributed by atoms with Crippen LogP contribution in [0.15, 0.2) is 47.4 Å². The average Bonchev–Trinajstić information content (AvgIpc) is 3.27. The molecular formula is C21H23N5O4. The zero-order valence-corrected chi connectivity index (χ0v) is 16.7. The minimum absolute atomic E-state index is 0.0233. The van der Waals surface area contributed by atoms with Gasteiger partial charge in [-0.15, -0.1) is 0 Å². The van der Waals surface area contributed by atoms with Crippen LogP contribution in [0.4, 0.5) is 0 Å². The molecule has 4 rings (SSSR count). The van der Waals surface area contributed by atoms with E-state index in [4.69, 9.17) is 14.0 Å². The van der Waals surface area contributed by atoms with Crippen molar-refractivity contribution in [2.24, 2.45) is 5.92 Å². The van der Waals surface area contributed by atoms with Gasteiger partial charge in [0.25, 0.3) is 5.91 Å². The number of hydrogen-bond acceptors (Lipinski definition) is 8. The van der Waals surface area contributed by atoms with Gasteiger partial charge in [-0.1, -0.05) is 17.3 Å². The number of hydrogen-bond donors (Lipinski definition) is 0. The number of carbonyl (C=O) groups is 1. The molecule has 1 atom stereocenters. The predicted molar refractivity (Wildman–Crippen MR) is 107 cm³/mol. The highest BCUT2D eigenvalue weighted by atomic mass is 16.5. The molecule has 30 heavy (non-hydrogen) atoms. The van der Waals surface area contributed by atoms with Crippen molar-refractivity contribution < 1.29 is 18.8 Å². The first-order chi connectivity index (χ1) is 14.7. The molecule has 0 bridgehead atoms. The number of methoxy groups -OCH3 is 1. The third-order valence-corrected chi connectivity index (χ3v) is 5.02. The molecule has 1 aliphatic heterocycles. The van der Waals surface area contributed by atoms with Crippen LogP contribution in [0, 0.1) is 5.92 Å². The minimum Gasteiger partial charge on any atom is -0.493 e. The van der Waals surface area contributed by atoms with Crippen molar-refractivity contribution >= 4 is 5.91 Å². The lowest BCUT2D eigenvalue weighted by atomic mass is 9.95. The third kappa shape index (κ3) is 4.73. The van der Waals surface area contributed by atoms with E-state index in [-0.39, 0.29) is 18.4 Å². The molecule has 2 aromatic heterocycles. The number of para-hydroxylation sites is 2. The number of benzene rings is 1. The summed E-state index contributed by atoms with van der Waals surface area (Å²) < 4.78 is 16.3. The molecule has 9 nitrogen and oxygen atoms in total. The number of amides is 1. The predicted octanol–water partition coefficient (Wildman–Crippen LogP) is 2.40. The first kappa shape index (κ1) is 19.8. The molecule has 1 aromatic carbocycles. The molecule has 1 aliphatic rings. The lowest BCUT2D eigenvalue weighted by molar-refractivity contribution is -0.135. The molecule has 3 aromatic rings. The van der Waals surface area contributed by atoms with Crippen LogP contribution in [0.5, 0.6) is 11.5 Å². The third-order valence-electron chi connectivity index (χ3n) is 5.02. The minimum atomic E-state index is -0.0450. The number of piperidine rings is 1. The molecule has 1 fully saturated rings. The molecule has 1 unspecified atom stereocenters. The SMILES string of the molecule is COc1ccccc1OCC(=O)N1CCCC(Cc2nc(-c3cnccn3)no2)C1. The van der Waals surface area contributed by atoms with Gasteiger partial charge in [-0.25, -0.2) is 4.98 Å². The molecular weight excluding hydrogens is 386 g/mol. The second-order valence-electron chi connectivity index (χ2n) is 7.09. The summed E-state index contributed by atoms with van der Waals surface area (Å²) in [5.41, 5.74) is 0.571. The largest absolute Gasteiger partial charge is 0.493 e. The van der Waals surface area contributed by atoms with Gasteiger partial charge in [-0.05, 0) is 30.9 Å². The van der Waals surface area contributed by atoms with E-state index in [1.807, 2.05) is 17.0 Å². The molecule has 0 spiro atoms. The zero-order chi connectivity index (χ0) is 20.8. The Morgan fingerprint density at radius 2 is 2.13 bits per heavy atom. The van der Waals surface area contributed by atoms with Crippen LogP contribution in [0.1, 0.15) is 18.7 Å². The summed E-state index contributed by atoms with van der Waals surface area (Å²) in [5, 5.41) is 3.98. The lowest BCUT2D eigenvalue weighted by Crippen LogP contribution is -2.42. The number of ether oxygens (including phenoxy) is 2. The summed E-state index contributed by atoms with van der Waals surface area (Å²) in [6.45, 7) is 1.33. The first-order valence-electron chi connectivity index (χ1n) is 9.85. The highest BCUT2D eigenvalue weighted by Crippen LogP contribution is 2.26. The molecule has 9 heteroatoms. The smallest absolute Gasteiger partial charge is 0.260 e. The van der Waals surface area contributed by atoms with Gasteiger partial charge in [0.1, 0.15) is 5.69 Å². The van der Waals surface area contributed by atoms with Gasteiger partial charge >= 0.3 is 0 Å². The second-order valence-corrected chi connectivity index (χ2v) is 7.09. The summed E-state index contributed by atoms with van der Waals surface area (Å²) in [6.07, 6.45) is 7.32. The molecule has 0 radical (unpaired) electrons. The van der Waals surface area contributed by atoms with Crippen molar-refractivity contribution in [3.8, 4) is 23.0 Å². The summed E-state index contributed by atoms with van der Waals surface area (Å²) in [5.74, 6) is 2.34. The van der Waals surface area contributed by atoms with Crippen molar-refractivity contribution in [2.45, 2.75) is 19.3 Å². The van der Waals surface area contributed by atoms with Crippen molar-refractivity contribution in [3.63, 3.8) is 0 Å².